The number of carbonyl (C=O) groups excluding carboxylic acids is 1. The zero-order valence-electron chi connectivity index (χ0n) is 11.7. The van der Waals surface area contributed by atoms with Gasteiger partial charge in [-0.2, -0.15) is 5.26 Å². The number of esters is 1. The first-order chi connectivity index (χ1) is 9.24. The summed E-state index contributed by atoms with van der Waals surface area (Å²) in [5, 5.41) is 19.7. The summed E-state index contributed by atoms with van der Waals surface area (Å²) in [5.74, 6) is -0.757. The van der Waals surface area contributed by atoms with Gasteiger partial charge in [-0.15, -0.1) is 0 Å². The minimum atomic E-state index is -1.34. The number of nitrogens with zero attached hydrogens (tertiary/aromatic N) is 2. The summed E-state index contributed by atoms with van der Waals surface area (Å²) in [6, 6.07) is 6.27. The van der Waals surface area contributed by atoms with Crippen molar-refractivity contribution in [2.75, 3.05) is 6.61 Å². The first kappa shape index (κ1) is 15.9. The van der Waals surface area contributed by atoms with Crippen LogP contribution in [0.3, 0.4) is 0 Å². The number of hydrogen-bond donors (Lipinski definition) is 0. The summed E-state index contributed by atoms with van der Waals surface area (Å²) in [7, 11) is -1.34. The monoisotopic (exact) mass is 292 g/mol. The van der Waals surface area contributed by atoms with Gasteiger partial charge in [-0.05, 0) is 18.2 Å². The molecule has 0 saturated heterocycles. The lowest BCUT2D eigenvalue weighted by molar-refractivity contribution is -0.385. The molecule has 6 nitrogen and oxygen atoms in total. The maximum Gasteiger partial charge on any atom is 0.345 e. The number of nitriles is 1. The average Bonchev–Trinajstić information content (AvgIpc) is 2.36. The molecule has 0 N–H and O–H groups in total. The van der Waals surface area contributed by atoms with Crippen LogP contribution in [0.5, 0.6) is 0 Å². The molecule has 1 aromatic carbocycles. The van der Waals surface area contributed by atoms with Crippen molar-refractivity contribution >= 4 is 19.7 Å². The van der Waals surface area contributed by atoms with Gasteiger partial charge in [0, 0.05) is 14.1 Å². The van der Waals surface area contributed by atoms with E-state index in [0.717, 1.165) is 12.1 Å². The van der Waals surface area contributed by atoms with E-state index in [1.807, 2.05) is 6.07 Å². The van der Waals surface area contributed by atoms with Gasteiger partial charge in [-0.25, -0.2) is 4.79 Å². The van der Waals surface area contributed by atoms with E-state index in [2.05, 4.69) is 19.6 Å². The second-order valence-corrected chi connectivity index (χ2v) is 11.2. The topological polar surface area (TPSA) is 93.2 Å². The fraction of sp³-hybridized carbons (Fsp3) is 0.385. The highest BCUT2D eigenvalue weighted by molar-refractivity contribution is 6.76. The van der Waals surface area contributed by atoms with Crippen LogP contribution in [0.25, 0.3) is 0 Å². The smallest absolute Gasteiger partial charge is 0.345 e. The summed E-state index contributed by atoms with van der Waals surface area (Å²) in [5.41, 5.74) is -0.334. The van der Waals surface area contributed by atoms with Crippen LogP contribution in [0.15, 0.2) is 18.2 Å². The third kappa shape index (κ3) is 4.48. The number of benzene rings is 1. The molecule has 0 fully saturated rings. The molecule has 0 heterocycles. The van der Waals surface area contributed by atoms with Crippen LogP contribution < -0.4 is 0 Å². The Labute approximate surface area is 118 Å². The molecule has 0 unspecified atom stereocenters. The average molecular weight is 292 g/mol. The summed E-state index contributed by atoms with van der Waals surface area (Å²) in [6.07, 6.45) is 0. The predicted molar refractivity (Wildman–Crippen MR) is 76.2 cm³/mol. The first-order valence-corrected chi connectivity index (χ1v) is 9.81. The Balaban J connectivity index is 2.91. The van der Waals surface area contributed by atoms with Crippen molar-refractivity contribution in [2.24, 2.45) is 0 Å². The zero-order chi connectivity index (χ0) is 15.3. The number of nitro benzene ring substituents is 1. The Bertz CT molecular complexity index is 573. The van der Waals surface area contributed by atoms with Gasteiger partial charge in [0.2, 0.25) is 0 Å². The van der Waals surface area contributed by atoms with Crippen LogP contribution in [0.2, 0.25) is 25.7 Å². The highest BCUT2D eigenvalue weighted by Gasteiger charge is 2.23. The van der Waals surface area contributed by atoms with Crippen molar-refractivity contribution in [3.05, 3.63) is 39.4 Å². The molecular weight excluding hydrogens is 276 g/mol. The van der Waals surface area contributed by atoms with Gasteiger partial charge in [-0.1, -0.05) is 19.6 Å². The molecule has 1 rings (SSSR count). The van der Waals surface area contributed by atoms with E-state index in [1.165, 1.54) is 12.1 Å². The van der Waals surface area contributed by atoms with Crippen LogP contribution >= 0.6 is 0 Å². The van der Waals surface area contributed by atoms with Gasteiger partial charge in [0.15, 0.2) is 0 Å². The first-order valence-electron chi connectivity index (χ1n) is 6.10. The Morgan fingerprint density at radius 2 is 2.10 bits per heavy atom. The molecule has 0 aliphatic heterocycles. The van der Waals surface area contributed by atoms with Crippen LogP contribution in [-0.2, 0) is 4.74 Å². The van der Waals surface area contributed by atoms with Crippen molar-refractivity contribution in [3.8, 4) is 6.07 Å². The van der Waals surface area contributed by atoms with Crippen LogP contribution in [-0.4, -0.2) is 25.6 Å². The van der Waals surface area contributed by atoms with Gasteiger partial charge < -0.3 is 4.74 Å². The normalized spacial score (nSPS) is 10.7. The highest BCUT2D eigenvalue weighted by Crippen LogP contribution is 2.21. The van der Waals surface area contributed by atoms with Crippen molar-refractivity contribution in [1.82, 2.24) is 0 Å². The molecule has 106 valence electrons. The molecule has 0 aliphatic rings. The van der Waals surface area contributed by atoms with Gasteiger partial charge in [0.1, 0.15) is 5.56 Å². The van der Waals surface area contributed by atoms with Crippen molar-refractivity contribution in [3.63, 3.8) is 0 Å². The summed E-state index contributed by atoms with van der Waals surface area (Å²) < 4.78 is 5.08. The van der Waals surface area contributed by atoms with Crippen LogP contribution in [0.1, 0.15) is 15.9 Å². The molecule has 0 aliphatic carbocycles. The second kappa shape index (κ2) is 6.30. The van der Waals surface area contributed by atoms with E-state index < -0.39 is 19.0 Å². The summed E-state index contributed by atoms with van der Waals surface area (Å²) in [6.45, 7) is 6.65. The molecule has 0 aromatic heterocycles. The minimum absolute atomic E-state index is 0.176. The molecule has 0 atom stereocenters. The minimum Gasteiger partial charge on any atom is -0.462 e. The Morgan fingerprint density at radius 1 is 1.45 bits per heavy atom. The number of carbonyl (C=O) groups is 1. The molecular formula is C13H16N2O4Si. The number of hydrogen-bond acceptors (Lipinski definition) is 5. The quantitative estimate of drug-likeness (QED) is 0.360. The zero-order valence-corrected chi connectivity index (χ0v) is 12.7. The van der Waals surface area contributed by atoms with Crippen molar-refractivity contribution in [1.29, 1.82) is 5.26 Å². The number of rotatable bonds is 5. The van der Waals surface area contributed by atoms with Gasteiger partial charge >= 0.3 is 5.97 Å². The van der Waals surface area contributed by atoms with E-state index in [1.54, 1.807) is 0 Å². The number of ether oxygens (including phenoxy) is 1. The predicted octanol–water partition coefficient (Wildman–Crippen LogP) is 2.96. The third-order valence-corrected chi connectivity index (χ3v) is 4.33. The summed E-state index contributed by atoms with van der Waals surface area (Å²) >= 11 is 0. The van der Waals surface area contributed by atoms with E-state index in [4.69, 9.17) is 10.00 Å². The third-order valence-electron chi connectivity index (χ3n) is 2.63. The van der Waals surface area contributed by atoms with Gasteiger partial charge in [0.25, 0.3) is 5.69 Å². The molecule has 0 bridgehead atoms. The Kier molecular flexibility index (Phi) is 4.99. The highest BCUT2D eigenvalue weighted by atomic mass is 28.3. The van der Waals surface area contributed by atoms with Gasteiger partial charge in [-0.3, -0.25) is 10.1 Å². The van der Waals surface area contributed by atoms with Gasteiger partial charge in [0.05, 0.1) is 23.2 Å². The molecule has 0 radical (unpaired) electrons. The Hall–Kier alpha value is -2.20. The lowest BCUT2D eigenvalue weighted by atomic mass is 10.1. The molecule has 7 heteroatoms. The maximum atomic E-state index is 11.9. The maximum absolute atomic E-state index is 11.9. The van der Waals surface area contributed by atoms with E-state index in [9.17, 15) is 14.9 Å². The lowest BCUT2D eigenvalue weighted by Gasteiger charge is -2.15. The van der Waals surface area contributed by atoms with E-state index in [-0.39, 0.29) is 23.4 Å². The molecule has 0 spiro atoms. The van der Waals surface area contributed by atoms with Crippen LogP contribution in [0.4, 0.5) is 5.69 Å². The molecule has 1 aromatic rings. The SMILES string of the molecule is C[Si](C)(C)CCOC(=O)c1cc(C#N)ccc1[N+](=O)[O-]. The summed E-state index contributed by atoms with van der Waals surface area (Å²) in [4.78, 5) is 22.1. The van der Waals surface area contributed by atoms with Crippen molar-refractivity contribution < 1.29 is 14.5 Å². The largest absolute Gasteiger partial charge is 0.462 e. The molecule has 0 amide bonds. The fourth-order valence-corrected chi connectivity index (χ4v) is 2.17. The fourth-order valence-electron chi connectivity index (χ4n) is 1.46. The van der Waals surface area contributed by atoms with E-state index in [0.29, 0.717) is 0 Å². The standard InChI is InChI=1S/C13H16N2O4Si/c1-20(2,3)7-6-19-13(16)11-8-10(9-14)4-5-12(11)15(17)18/h4-5,8H,6-7H2,1-3H3. The van der Waals surface area contributed by atoms with Crippen LogP contribution in [0, 0.1) is 21.4 Å². The second-order valence-electron chi connectivity index (χ2n) is 5.55. The van der Waals surface area contributed by atoms with E-state index >= 15 is 0 Å². The Morgan fingerprint density at radius 3 is 2.60 bits per heavy atom. The molecule has 20 heavy (non-hydrogen) atoms. The number of nitro groups is 1. The molecule has 0 saturated carbocycles. The lowest BCUT2D eigenvalue weighted by Crippen LogP contribution is -2.23. The van der Waals surface area contributed by atoms with Crippen molar-refractivity contribution in [2.45, 2.75) is 25.7 Å².